The Bertz CT molecular complexity index is 576. The maximum Gasteiger partial charge on any atom is 0.215 e. The van der Waals surface area contributed by atoms with Gasteiger partial charge in [0, 0.05) is 12.6 Å². The molecule has 4 nitrogen and oxygen atoms in total. The van der Waals surface area contributed by atoms with Gasteiger partial charge in [-0.25, -0.2) is 17.5 Å². The monoisotopic (exact) mass is 350 g/mol. The van der Waals surface area contributed by atoms with Gasteiger partial charge in [-0.15, -0.1) is 12.4 Å². The van der Waals surface area contributed by atoms with E-state index in [1.165, 1.54) is 24.3 Å². The molecule has 2 rings (SSSR count). The van der Waals surface area contributed by atoms with Gasteiger partial charge < -0.3 is 5.32 Å². The number of hydrogen-bond donors (Lipinski definition) is 2. The van der Waals surface area contributed by atoms with Crippen molar-refractivity contribution in [3.63, 3.8) is 0 Å². The Morgan fingerprint density at radius 2 is 1.95 bits per heavy atom. The number of sulfonamides is 1. The minimum absolute atomic E-state index is 0. The molecule has 1 fully saturated rings. The lowest BCUT2D eigenvalue weighted by atomic mass is 9.78. The van der Waals surface area contributed by atoms with Crippen molar-refractivity contribution in [1.29, 1.82) is 0 Å². The molecule has 0 amide bonds. The number of benzene rings is 1. The minimum atomic E-state index is -3.41. The number of piperidine rings is 1. The van der Waals surface area contributed by atoms with Crippen LogP contribution in [-0.4, -0.2) is 27.5 Å². The van der Waals surface area contributed by atoms with Gasteiger partial charge in [-0.3, -0.25) is 0 Å². The normalized spacial score (nSPS) is 21.1. The molecule has 7 heteroatoms. The van der Waals surface area contributed by atoms with E-state index >= 15 is 0 Å². The molecule has 2 N–H and O–H groups in total. The average molecular weight is 351 g/mol. The van der Waals surface area contributed by atoms with Crippen molar-refractivity contribution in [2.45, 2.75) is 38.5 Å². The lowest BCUT2D eigenvalue weighted by molar-refractivity contribution is 0.181. The largest absolute Gasteiger partial charge is 0.312 e. The van der Waals surface area contributed by atoms with Crippen LogP contribution in [-0.2, 0) is 15.8 Å². The second-order valence-corrected chi connectivity index (χ2v) is 8.14. The first-order chi connectivity index (χ1) is 9.78. The summed E-state index contributed by atoms with van der Waals surface area (Å²) in [5, 5.41) is 3.38. The number of halogens is 2. The number of hydrogen-bond acceptors (Lipinski definition) is 3. The van der Waals surface area contributed by atoms with E-state index in [0.29, 0.717) is 12.1 Å². The zero-order chi connectivity index (χ0) is 15.5. The molecule has 1 aliphatic rings. The summed E-state index contributed by atoms with van der Waals surface area (Å²) in [6.45, 7) is 5.61. The van der Waals surface area contributed by atoms with Crippen molar-refractivity contribution >= 4 is 22.4 Å². The van der Waals surface area contributed by atoms with Gasteiger partial charge in [0.25, 0.3) is 0 Å². The smallest absolute Gasteiger partial charge is 0.215 e. The van der Waals surface area contributed by atoms with Crippen LogP contribution in [0.15, 0.2) is 24.3 Å². The van der Waals surface area contributed by atoms with Crippen LogP contribution in [0.25, 0.3) is 0 Å². The van der Waals surface area contributed by atoms with Crippen molar-refractivity contribution in [2.24, 2.45) is 5.41 Å². The summed E-state index contributed by atoms with van der Waals surface area (Å²) in [4.78, 5) is 0. The van der Waals surface area contributed by atoms with Crippen LogP contribution >= 0.6 is 12.4 Å². The first-order valence-corrected chi connectivity index (χ1v) is 8.89. The topological polar surface area (TPSA) is 58.2 Å². The summed E-state index contributed by atoms with van der Waals surface area (Å²) in [7, 11) is -3.41. The first-order valence-electron chi connectivity index (χ1n) is 7.24. The van der Waals surface area contributed by atoms with Crippen molar-refractivity contribution in [2.75, 3.05) is 13.1 Å². The Morgan fingerprint density at radius 3 is 2.55 bits per heavy atom. The minimum Gasteiger partial charge on any atom is -0.312 e. The van der Waals surface area contributed by atoms with Gasteiger partial charge in [0.1, 0.15) is 5.82 Å². The van der Waals surface area contributed by atoms with Gasteiger partial charge in [-0.2, -0.15) is 0 Å². The maximum atomic E-state index is 12.8. The molecule has 1 unspecified atom stereocenters. The lowest BCUT2D eigenvalue weighted by Crippen LogP contribution is -2.52. The fraction of sp³-hybridized carbons (Fsp3) is 0.600. The second kappa shape index (κ2) is 7.73. The van der Waals surface area contributed by atoms with Crippen molar-refractivity contribution in [3.8, 4) is 0 Å². The van der Waals surface area contributed by atoms with Gasteiger partial charge in [-0.05, 0) is 42.5 Å². The summed E-state index contributed by atoms with van der Waals surface area (Å²) in [6.07, 6.45) is 2.20. The highest BCUT2D eigenvalue weighted by Crippen LogP contribution is 2.29. The number of rotatable bonds is 5. The van der Waals surface area contributed by atoms with Crippen LogP contribution in [0.3, 0.4) is 0 Å². The predicted octanol–water partition coefficient (Wildman–Crippen LogP) is 2.45. The van der Waals surface area contributed by atoms with Crippen LogP contribution < -0.4 is 10.0 Å². The second-order valence-electron chi connectivity index (χ2n) is 6.33. The predicted molar refractivity (Wildman–Crippen MR) is 89.1 cm³/mol. The van der Waals surface area contributed by atoms with Crippen LogP contribution in [0, 0.1) is 11.2 Å². The summed E-state index contributed by atoms with van der Waals surface area (Å²) in [5.41, 5.74) is 0.663. The molecule has 0 radical (unpaired) electrons. The van der Waals surface area contributed by atoms with E-state index < -0.39 is 10.0 Å². The molecule has 0 bridgehead atoms. The molecular formula is C15H24ClFN2O2S. The fourth-order valence-corrected chi connectivity index (χ4v) is 3.83. The Hall–Kier alpha value is -0.690. The van der Waals surface area contributed by atoms with Crippen molar-refractivity contribution < 1.29 is 12.8 Å². The third-order valence-corrected chi connectivity index (χ3v) is 5.43. The Balaban J connectivity index is 0.00000242. The Kier molecular flexibility index (Phi) is 6.80. The Morgan fingerprint density at radius 1 is 1.32 bits per heavy atom. The molecule has 22 heavy (non-hydrogen) atoms. The zero-order valence-electron chi connectivity index (χ0n) is 12.9. The maximum absolute atomic E-state index is 12.8. The molecule has 0 saturated carbocycles. The highest BCUT2D eigenvalue weighted by Gasteiger charge is 2.32. The summed E-state index contributed by atoms with van der Waals surface area (Å²) < 4.78 is 39.7. The molecular weight excluding hydrogens is 327 g/mol. The molecule has 126 valence electrons. The van der Waals surface area contributed by atoms with Gasteiger partial charge in [0.15, 0.2) is 0 Å². The average Bonchev–Trinajstić information content (AvgIpc) is 2.39. The van der Waals surface area contributed by atoms with Gasteiger partial charge in [0.2, 0.25) is 10.0 Å². The summed E-state index contributed by atoms with van der Waals surface area (Å²) >= 11 is 0. The quantitative estimate of drug-likeness (QED) is 0.857. The van der Waals surface area contributed by atoms with E-state index in [0.717, 1.165) is 19.4 Å². The third-order valence-electron chi connectivity index (χ3n) is 4.11. The molecule has 1 aliphatic heterocycles. The standard InChI is InChI=1S/C15H23FN2O2S.ClH/c1-15(2)8-3-9-17-14(15)10-18-21(19,20)11-12-4-6-13(16)7-5-12;/h4-7,14,17-18H,3,8-11H2,1-2H3;1H. The molecule has 0 aromatic heterocycles. The van der Waals surface area contributed by atoms with E-state index in [-0.39, 0.29) is 35.4 Å². The lowest BCUT2D eigenvalue weighted by Gasteiger charge is -2.39. The zero-order valence-corrected chi connectivity index (χ0v) is 14.6. The molecule has 0 spiro atoms. The molecule has 1 aromatic rings. The highest BCUT2D eigenvalue weighted by molar-refractivity contribution is 7.88. The van der Waals surface area contributed by atoms with E-state index in [2.05, 4.69) is 23.9 Å². The molecule has 1 saturated heterocycles. The van der Waals surface area contributed by atoms with E-state index in [1.54, 1.807) is 0 Å². The Labute approximate surface area is 138 Å². The van der Waals surface area contributed by atoms with E-state index in [1.807, 2.05) is 0 Å². The van der Waals surface area contributed by atoms with Crippen LogP contribution in [0.5, 0.6) is 0 Å². The SMILES string of the molecule is CC1(C)CCCNC1CNS(=O)(=O)Cc1ccc(F)cc1.Cl. The van der Waals surface area contributed by atoms with Gasteiger partial charge >= 0.3 is 0 Å². The molecule has 0 aliphatic carbocycles. The first kappa shape index (κ1) is 19.4. The van der Waals surface area contributed by atoms with Crippen LogP contribution in [0.2, 0.25) is 0 Å². The third kappa shape index (κ3) is 5.50. The van der Waals surface area contributed by atoms with Gasteiger partial charge in [-0.1, -0.05) is 26.0 Å². The summed E-state index contributed by atoms with van der Waals surface area (Å²) in [6, 6.07) is 5.68. The van der Waals surface area contributed by atoms with Crippen LogP contribution in [0.1, 0.15) is 32.3 Å². The van der Waals surface area contributed by atoms with Crippen LogP contribution in [0.4, 0.5) is 4.39 Å². The fourth-order valence-electron chi connectivity index (χ4n) is 2.68. The molecule has 1 atom stereocenters. The van der Waals surface area contributed by atoms with E-state index in [4.69, 9.17) is 0 Å². The van der Waals surface area contributed by atoms with E-state index in [9.17, 15) is 12.8 Å². The summed E-state index contributed by atoms with van der Waals surface area (Å²) in [5.74, 6) is -0.488. The molecule has 1 heterocycles. The van der Waals surface area contributed by atoms with Gasteiger partial charge in [0.05, 0.1) is 5.75 Å². The highest BCUT2D eigenvalue weighted by atomic mass is 35.5. The molecule has 1 aromatic carbocycles. The number of nitrogens with one attached hydrogen (secondary N) is 2. The van der Waals surface area contributed by atoms with Crippen molar-refractivity contribution in [1.82, 2.24) is 10.0 Å². The van der Waals surface area contributed by atoms with Crippen molar-refractivity contribution in [3.05, 3.63) is 35.6 Å².